The number of aromatic nitrogens is 1. The van der Waals surface area contributed by atoms with E-state index in [0.29, 0.717) is 11.6 Å². The Kier molecular flexibility index (Phi) is 3.55. The zero-order chi connectivity index (χ0) is 13.3. The quantitative estimate of drug-likeness (QED) is 0.870. The third kappa shape index (κ3) is 2.63. The Morgan fingerprint density at radius 1 is 1.50 bits per heavy atom. The first-order valence-electron chi connectivity index (χ1n) is 6.54. The van der Waals surface area contributed by atoms with Crippen molar-refractivity contribution in [1.29, 1.82) is 0 Å². The van der Waals surface area contributed by atoms with Crippen LogP contribution in [0.5, 0.6) is 0 Å². The molecule has 2 rings (SSSR count). The molecule has 0 aliphatic heterocycles. The van der Waals surface area contributed by atoms with Crippen LogP contribution in [0.25, 0.3) is 0 Å². The Morgan fingerprint density at radius 2 is 2.17 bits per heavy atom. The van der Waals surface area contributed by atoms with Gasteiger partial charge in [0.1, 0.15) is 5.82 Å². The van der Waals surface area contributed by atoms with Gasteiger partial charge in [0.2, 0.25) is 0 Å². The summed E-state index contributed by atoms with van der Waals surface area (Å²) >= 11 is 0. The smallest absolute Gasteiger partial charge is 0.335 e. The Morgan fingerprint density at radius 3 is 2.61 bits per heavy atom. The van der Waals surface area contributed by atoms with Crippen LogP contribution >= 0.6 is 0 Å². The molecule has 0 aromatic carbocycles. The summed E-state index contributed by atoms with van der Waals surface area (Å²) in [6.45, 7) is 7.02. The van der Waals surface area contributed by atoms with Gasteiger partial charge in [0.15, 0.2) is 0 Å². The minimum absolute atomic E-state index is 0.237. The molecule has 0 saturated heterocycles. The van der Waals surface area contributed by atoms with Crippen LogP contribution in [0.1, 0.15) is 55.6 Å². The molecular weight excluding hydrogens is 228 g/mol. The molecule has 0 spiro atoms. The standard InChI is InChI=1S/C14H20N2O2/c1-4-16(11-5-6-11)13-8-10(14(17)18)7-12(15-13)9(2)3/h7-9,11H,4-6H2,1-3H3,(H,17,18). The van der Waals surface area contributed by atoms with Gasteiger partial charge < -0.3 is 10.0 Å². The summed E-state index contributed by atoms with van der Waals surface area (Å²) < 4.78 is 0. The van der Waals surface area contributed by atoms with E-state index in [0.717, 1.165) is 18.1 Å². The van der Waals surface area contributed by atoms with Gasteiger partial charge in [-0.15, -0.1) is 0 Å². The topological polar surface area (TPSA) is 53.4 Å². The van der Waals surface area contributed by atoms with Crippen molar-refractivity contribution in [2.45, 2.75) is 45.6 Å². The van der Waals surface area contributed by atoms with E-state index in [4.69, 9.17) is 0 Å². The van der Waals surface area contributed by atoms with Crippen LogP contribution in [0.3, 0.4) is 0 Å². The molecule has 4 nitrogen and oxygen atoms in total. The van der Waals surface area contributed by atoms with Crippen LogP contribution in [0.2, 0.25) is 0 Å². The maximum Gasteiger partial charge on any atom is 0.335 e. The van der Waals surface area contributed by atoms with E-state index in [1.165, 1.54) is 12.8 Å². The predicted octanol–water partition coefficient (Wildman–Crippen LogP) is 2.89. The van der Waals surface area contributed by atoms with Crippen LogP contribution in [-0.4, -0.2) is 28.6 Å². The van der Waals surface area contributed by atoms with E-state index in [1.807, 2.05) is 13.8 Å². The highest BCUT2D eigenvalue weighted by Gasteiger charge is 2.29. The lowest BCUT2D eigenvalue weighted by Crippen LogP contribution is -2.26. The van der Waals surface area contributed by atoms with Crippen LogP contribution in [-0.2, 0) is 0 Å². The molecule has 1 aliphatic carbocycles. The van der Waals surface area contributed by atoms with Crippen LogP contribution in [0, 0.1) is 0 Å². The lowest BCUT2D eigenvalue weighted by Gasteiger charge is -2.23. The van der Waals surface area contributed by atoms with E-state index in [2.05, 4.69) is 16.8 Å². The SMILES string of the molecule is CCN(c1cc(C(=O)O)cc(C(C)C)n1)C1CC1. The molecule has 0 atom stereocenters. The average molecular weight is 248 g/mol. The van der Waals surface area contributed by atoms with Crippen LogP contribution < -0.4 is 4.90 Å². The van der Waals surface area contributed by atoms with Crippen molar-refractivity contribution in [1.82, 2.24) is 4.98 Å². The summed E-state index contributed by atoms with van der Waals surface area (Å²) in [5, 5.41) is 9.18. The normalized spacial score (nSPS) is 14.9. The van der Waals surface area contributed by atoms with Gasteiger partial charge in [0.25, 0.3) is 0 Å². The molecule has 98 valence electrons. The lowest BCUT2D eigenvalue weighted by molar-refractivity contribution is 0.0696. The van der Waals surface area contributed by atoms with Gasteiger partial charge in [-0.2, -0.15) is 0 Å². The number of rotatable bonds is 5. The molecule has 4 heteroatoms. The molecule has 1 fully saturated rings. The number of carbonyl (C=O) groups is 1. The fourth-order valence-corrected chi connectivity index (χ4v) is 2.10. The third-order valence-corrected chi connectivity index (χ3v) is 3.29. The number of carboxylic acids is 1. The number of nitrogens with zero attached hydrogens (tertiary/aromatic N) is 2. The van der Waals surface area contributed by atoms with Crippen molar-refractivity contribution in [3.8, 4) is 0 Å². The number of anilines is 1. The van der Waals surface area contributed by atoms with Gasteiger partial charge in [0.05, 0.1) is 5.56 Å². The second-order valence-electron chi connectivity index (χ2n) is 5.12. The Labute approximate surface area is 108 Å². The number of aromatic carboxylic acids is 1. The fourth-order valence-electron chi connectivity index (χ4n) is 2.10. The van der Waals surface area contributed by atoms with Crippen molar-refractivity contribution in [2.24, 2.45) is 0 Å². The van der Waals surface area contributed by atoms with Gasteiger partial charge in [-0.1, -0.05) is 13.8 Å². The molecule has 1 N–H and O–H groups in total. The zero-order valence-corrected chi connectivity index (χ0v) is 11.2. The molecule has 1 heterocycles. The number of pyridine rings is 1. The minimum Gasteiger partial charge on any atom is -0.478 e. The second-order valence-corrected chi connectivity index (χ2v) is 5.12. The van der Waals surface area contributed by atoms with Gasteiger partial charge in [-0.3, -0.25) is 0 Å². The van der Waals surface area contributed by atoms with E-state index >= 15 is 0 Å². The maximum absolute atomic E-state index is 11.2. The molecular formula is C14H20N2O2. The van der Waals surface area contributed by atoms with Crippen LogP contribution in [0.4, 0.5) is 5.82 Å². The van der Waals surface area contributed by atoms with E-state index in [9.17, 15) is 9.90 Å². The van der Waals surface area contributed by atoms with Gasteiger partial charge in [-0.25, -0.2) is 9.78 Å². The highest BCUT2D eigenvalue weighted by Crippen LogP contribution is 2.31. The Balaban J connectivity index is 2.41. The first kappa shape index (κ1) is 12.9. The molecule has 1 aromatic heterocycles. The maximum atomic E-state index is 11.2. The monoisotopic (exact) mass is 248 g/mol. The molecule has 0 bridgehead atoms. The fraction of sp³-hybridized carbons (Fsp3) is 0.571. The highest BCUT2D eigenvalue weighted by atomic mass is 16.4. The molecule has 0 unspecified atom stereocenters. The summed E-state index contributed by atoms with van der Waals surface area (Å²) in [6.07, 6.45) is 2.37. The van der Waals surface area contributed by atoms with E-state index in [1.54, 1.807) is 12.1 Å². The van der Waals surface area contributed by atoms with Crippen molar-refractivity contribution in [3.05, 3.63) is 23.4 Å². The second kappa shape index (κ2) is 4.96. The van der Waals surface area contributed by atoms with Crippen molar-refractivity contribution < 1.29 is 9.90 Å². The summed E-state index contributed by atoms with van der Waals surface area (Å²) in [5.74, 6) is 0.164. The summed E-state index contributed by atoms with van der Waals surface area (Å²) in [6, 6.07) is 3.92. The number of carboxylic acid groups (broad SMARTS) is 1. The third-order valence-electron chi connectivity index (χ3n) is 3.29. The lowest BCUT2D eigenvalue weighted by atomic mass is 10.1. The highest BCUT2D eigenvalue weighted by molar-refractivity contribution is 5.88. The molecule has 1 aromatic rings. The molecule has 0 amide bonds. The molecule has 18 heavy (non-hydrogen) atoms. The molecule has 0 radical (unpaired) electrons. The van der Waals surface area contributed by atoms with E-state index < -0.39 is 5.97 Å². The first-order valence-corrected chi connectivity index (χ1v) is 6.54. The molecule has 1 aliphatic rings. The summed E-state index contributed by atoms with van der Waals surface area (Å²) in [7, 11) is 0. The zero-order valence-electron chi connectivity index (χ0n) is 11.2. The Bertz CT molecular complexity index is 453. The minimum atomic E-state index is -0.882. The van der Waals surface area contributed by atoms with E-state index in [-0.39, 0.29) is 5.92 Å². The largest absolute Gasteiger partial charge is 0.478 e. The summed E-state index contributed by atoms with van der Waals surface area (Å²) in [4.78, 5) is 18.0. The average Bonchev–Trinajstić information content (AvgIpc) is 3.14. The van der Waals surface area contributed by atoms with Crippen molar-refractivity contribution >= 4 is 11.8 Å². The van der Waals surface area contributed by atoms with Gasteiger partial charge in [0, 0.05) is 18.3 Å². The predicted molar refractivity (Wildman–Crippen MR) is 71.3 cm³/mol. The van der Waals surface area contributed by atoms with Crippen molar-refractivity contribution in [2.75, 3.05) is 11.4 Å². The summed E-state index contributed by atoms with van der Waals surface area (Å²) in [5.41, 5.74) is 1.19. The molecule has 1 saturated carbocycles. The van der Waals surface area contributed by atoms with Gasteiger partial charge in [-0.05, 0) is 37.8 Å². The van der Waals surface area contributed by atoms with Crippen LogP contribution in [0.15, 0.2) is 12.1 Å². The van der Waals surface area contributed by atoms with Gasteiger partial charge >= 0.3 is 5.97 Å². The van der Waals surface area contributed by atoms with Crippen molar-refractivity contribution in [3.63, 3.8) is 0 Å². The number of hydrogen-bond donors (Lipinski definition) is 1. The number of hydrogen-bond acceptors (Lipinski definition) is 3. The Hall–Kier alpha value is -1.58. The first-order chi connectivity index (χ1) is 8.52.